The van der Waals surface area contributed by atoms with Crippen LogP contribution in [0.3, 0.4) is 0 Å². The van der Waals surface area contributed by atoms with Crippen LogP contribution in [-0.4, -0.2) is 24.7 Å². The standard InChI is InChI=1S/C12H15ClN2O3/c13-10-3-4-12(15(16)17)11(7-10)14-5-6-18-8-9-1-2-9/h3-4,7,9,14H,1-2,5-6,8H2. The number of nitrogens with zero attached hydrogens (tertiary/aromatic N) is 1. The molecule has 0 aromatic heterocycles. The third-order valence-corrected chi connectivity index (χ3v) is 3.00. The molecular weight excluding hydrogens is 256 g/mol. The Morgan fingerprint density at radius 3 is 2.94 bits per heavy atom. The summed E-state index contributed by atoms with van der Waals surface area (Å²) in [6.07, 6.45) is 2.51. The number of anilines is 1. The minimum atomic E-state index is -0.427. The van der Waals surface area contributed by atoms with Crippen LogP contribution in [-0.2, 0) is 4.74 Å². The van der Waals surface area contributed by atoms with E-state index < -0.39 is 4.92 Å². The number of hydrogen-bond acceptors (Lipinski definition) is 4. The number of rotatable bonds is 7. The highest BCUT2D eigenvalue weighted by Crippen LogP contribution is 2.29. The Bertz CT molecular complexity index is 435. The van der Waals surface area contributed by atoms with E-state index in [2.05, 4.69) is 5.32 Å². The third kappa shape index (κ3) is 3.85. The van der Waals surface area contributed by atoms with Crippen molar-refractivity contribution in [1.29, 1.82) is 0 Å². The van der Waals surface area contributed by atoms with E-state index >= 15 is 0 Å². The van der Waals surface area contributed by atoms with Crippen LogP contribution in [0.15, 0.2) is 18.2 Å². The molecule has 1 aliphatic rings. The van der Waals surface area contributed by atoms with Gasteiger partial charge in [0.05, 0.1) is 11.5 Å². The van der Waals surface area contributed by atoms with Crippen molar-refractivity contribution in [3.05, 3.63) is 33.3 Å². The van der Waals surface area contributed by atoms with Gasteiger partial charge in [0, 0.05) is 24.2 Å². The molecule has 0 aliphatic heterocycles. The summed E-state index contributed by atoms with van der Waals surface area (Å²) in [5.41, 5.74) is 0.462. The number of hydrogen-bond donors (Lipinski definition) is 1. The van der Waals surface area contributed by atoms with Gasteiger partial charge in [0.15, 0.2) is 0 Å². The van der Waals surface area contributed by atoms with Crippen LogP contribution in [0.1, 0.15) is 12.8 Å². The number of nitro benzene ring substituents is 1. The number of nitro groups is 1. The van der Waals surface area contributed by atoms with Crippen molar-refractivity contribution < 1.29 is 9.66 Å². The molecule has 0 atom stereocenters. The Balaban J connectivity index is 1.82. The van der Waals surface area contributed by atoms with Gasteiger partial charge in [-0.05, 0) is 30.9 Å². The van der Waals surface area contributed by atoms with Crippen LogP contribution in [0.25, 0.3) is 0 Å². The largest absolute Gasteiger partial charge is 0.379 e. The molecule has 0 heterocycles. The van der Waals surface area contributed by atoms with Crippen LogP contribution in [0.5, 0.6) is 0 Å². The van der Waals surface area contributed by atoms with Crippen molar-refractivity contribution >= 4 is 23.0 Å². The van der Waals surface area contributed by atoms with E-state index in [9.17, 15) is 10.1 Å². The van der Waals surface area contributed by atoms with Crippen molar-refractivity contribution in [2.24, 2.45) is 5.92 Å². The number of nitrogens with one attached hydrogen (secondary N) is 1. The summed E-state index contributed by atoms with van der Waals surface area (Å²) in [7, 11) is 0. The molecule has 0 spiro atoms. The number of halogens is 1. The first-order chi connectivity index (χ1) is 8.66. The fourth-order valence-corrected chi connectivity index (χ4v) is 1.77. The monoisotopic (exact) mass is 270 g/mol. The number of ether oxygens (including phenoxy) is 1. The Kier molecular flexibility index (Phi) is 4.38. The summed E-state index contributed by atoms with van der Waals surface area (Å²) in [4.78, 5) is 10.4. The van der Waals surface area contributed by atoms with Crippen LogP contribution in [0, 0.1) is 16.0 Å². The molecule has 1 N–H and O–H groups in total. The van der Waals surface area contributed by atoms with Crippen molar-refractivity contribution in [2.75, 3.05) is 25.1 Å². The topological polar surface area (TPSA) is 64.4 Å². The maximum absolute atomic E-state index is 10.8. The van der Waals surface area contributed by atoms with Crippen molar-refractivity contribution in [1.82, 2.24) is 0 Å². The molecule has 1 aromatic rings. The molecular formula is C12H15ClN2O3. The highest BCUT2D eigenvalue weighted by molar-refractivity contribution is 6.31. The van der Waals surface area contributed by atoms with Gasteiger partial charge in [-0.2, -0.15) is 0 Å². The van der Waals surface area contributed by atoms with E-state index in [1.54, 1.807) is 6.07 Å². The molecule has 0 radical (unpaired) electrons. The molecule has 0 saturated heterocycles. The zero-order chi connectivity index (χ0) is 13.0. The zero-order valence-corrected chi connectivity index (χ0v) is 10.7. The first-order valence-corrected chi connectivity index (χ1v) is 6.30. The second-order valence-corrected chi connectivity index (χ2v) is 4.80. The Hall–Kier alpha value is -1.33. The molecule has 1 fully saturated rings. The molecule has 6 heteroatoms. The molecule has 5 nitrogen and oxygen atoms in total. The van der Waals surface area contributed by atoms with Gasteiger partial charge in [0.25, 0.3) is 5.69 Å². The van der Waals surface area contributed by atoms with Gasteiger partial charge in [-0.3, -0.25) is 10.1 Å². The molecule has 0 unspecified atom stereocenters. The normalized spacial score (nSPS) is 14.5. The SMILES string of the molecule is O=[N+]([O-])c1ccc(Cl)cc1NCCOCC1CC1. The minimum Gasteiger partial charge on any atom is -0.379 e. The fraction of sp³-hybridized carbons (Fsp3) is 0.500. The van der Waals surface area contributed by atoms with Crippen molar-refractivity contribution in [2.45, 2.75) is 12.8 Å². The highest BCUT2D eigenvalue weighted by atomic mass is 35.5. The maximum atomic E-state index is 10.8. The van der Waals surface area contributed by atoms with Gasteiger partial charge < -0.3 is 10.1 Å². The average molecular weight is 271 g/mol. The molecule has 1 saturated carbocycles. The summed E-state index contributed by atoms with van der Waals surface area (Å²) in [5, 5.41) is 14.3. The van der Waals surface area contributed by atoms with E-state index in [4.69, 9.17) is 16.3 Å². The first kappa shape index (κ1) is 13.1. The molecule has 18 heavy (non-hydrogen) atoms. The third-order valence-electron chi connectivity index (χ3n) is 2.77. The van der Waals surface area contributed by atoms with E-state index in [-0.39, 0.29) is 5.69 Å². The lowest BCUT2D eigenvalue weighted by atomic mass is 10.2. The lowest BCUT2D eigenvalue weighted by molar-refractivity contribution is -0.384. The number of benzene rings is 1. The van der Waals surface area contributed by atoms with Gasteiger partial charge >= 0.3 is 0 Å². The maximum Gasteiger partial charge on any atom is 0.292 e. The van der Waals surface area contributed by atoms with Gasteiger partial charge in [-0.15, -0.1) is 0 Å². The highest BCUT2D eigenvalue weighted by Gasteiger charge is 2.21. The summed E-state index contributed by atoms with van der Waals surface area (Å²) >= 11 is 5.82. The fourth-order valence-electron chi connectivity index (χ4n) is 1.60. The predicted molar refractivity (Wildman–Crippen MR) is 70.1 cm³/mol. The molecule has 0 bridgehead atoms. The van der Waals surface area contributed by atoms with E-state index in [1.165, 1.54) is 25.0 Å². The predicted octanol–water partition coefficient (Wildman–Crippen LogP) is 3.09. The Morgan fingerprint density at radius 1 is 1.50 bits per heavy atom. The first-order valence-electron chi connectivity index (χ1n) is 5.92. The van der Waals surface area contributed by atoms with E-state index in [0.29, 0.717) is 23.9 Å². The second-order valence-electron chi connectivity index (χ2n) is 4.36. The van der Waals surface area contributed by atoms with Crippen LogP contribution >= 0.6 is 11.6 Å². The van der Waals surface area contributed by atoms with Gasteiger partial charge in [-0.25, -0.2) is 0 Å². The lowest BCUT2D eigenvalue weighted by Gasteiger charge is -2.08. The molecule has 1 aromatic carbocycles. The smallest absolute Gasteiger partial charge is 0.292 e. The summed E-state index contributed by atoms with van der Waals surface area (Å²) in [6.45, 7) is 1.87. The lowest BCUT2D eigenvalue weighted by Crippen LogP contribution is -2.11. The molecule has 1 aliphatic carbocycles. The summed E-state index contributed by atoms with van der Waals surface area (Å²) in [5.74, 6) is 0.727. The van der Waals surface area contributed by atoms with Crippen LogP contribution in [0.2, 0.25) is 5.02 Å². The van der Waals surface area contributed by atoms with Gasteiger partial charge in [0.2, 0.25) is 0 Å². The Labute approximate surface area is 110 Å². The van der Waals surface area contributed by atoms with Crippen molar-refractivity contribution in [3.8, 4) is 0 Å². The zero-order valence-electron chi connectivity index (χ0n) is 9.89. The second kappa shape index (κ2) is 6.02. The summed E-state index contributed by atoms with van der Waals surface area (Å²) in [6, 6.07) is 4.46. The minimum absolute atomic E-state index is 0.0293. The van der Waals surface area contributed by atoms with E-state index in [0.717, 1.165) is 12.5 Å². The summed E-state index contributed by atoms with van der Waals surface area (Å²) < 4.78 is 5.44. The van der Waals surface area contributed by atoms with E-state index in [1.807, 2.05) is 0 Å². The van der Waals surface area contributed by atoms with Crippen LogP contribution in [0.4, 0.5) is 11.4 Å². The quantitative estimate of drug-likeness (QED) is 0.470. The van der Waals surface area contributed by atoms with Crippen molar-refractivity contribution in [3.63, 3.8) is 0 Å². The average Bonchev–Trinajstić information content (AvgIpc) is 3.12. The molecule has 2 rings (SSSR count). The Morgan fingerprint density at radius 2 is 2.28 bits per heavy atom. The van der Waals surface area contributed by atoms with Gasteiger partial charge in [0.1, 0.15) is 5.69 Å². The molecule has 0 amide bonds. The van der Waals surface area contributed by atoms with Crippen LogP contribution < -0.4 is 5.32 Å². The molecule has 98 valence electrons. The van der Waals surface area contributed by atoms with Gasteiger partial charge in [-0.1, -0.05) is 11.6 Å².